The quantitative estimate of drug-likeness (QED) is 0.209. The SMILES string of the molecule is Cc1ccc2c(c1)Oc1cc(-c3ccc(-n4c5ccccc5c5ccccc54)cc3)cc3c1B2c1ccc(C)cc1O3. The highest BCUT2D eigenvalue weighted by atomic mass is 16.5. The molecule has 2 aliphatic rings. The fraction of sp³-hybridized carbons (Fsp3) is 0.0526. The summed E-state index contributed by atoms with van der Waals surface area (Å²) in [6.45, 7) is 4.30. The van der Waals surface area contributed by atoms with Crippen molar-refractivity contribution in [2.24, 2.45) is 0 Å². The Bertz CT molecular complexity index is 2100. The number of nitrogens with zero attached hydrogens (tertiary/aromatic N) is 1. The van der Waals surface area contributed by atoms with Gasteiger partial charge in [0, 0.05) is 21.9 Å². The van der Waals surface area contributed by atoms with Gasteiger partial charge < -0.3 is 14.0 Å². The molecule has 1 aromatic heterocycles. The summed E-state index contributed by atoms with van der Waals surface area (Å²) in [5.41, 5.74) is 11.6. The molecule has 0 saturated carbocycles. The van der Waals surface area contributed by atoms with E-state index >= 15 is 0 Å². The third-order valence-electron chi connectivity index (χ3n) is 8.83. The van der Waals surface area contributed by atoms with Crippen LogP contribution >= 0.6 is 0 Å². The molecule has 7 aromatic rings. The van der Waals surface area contributed by atoms with Crippen LogP contribution in [0.15, 0.2) is 121 Å². The van der Waals surface area contributed by atoms with Gasteiger partial charge in [0.05, 0.1) is 11.0 Å². The van der Waals surface area contributed by atoms with Gasteiger partial charge in [-0.2, -0.15) is 0 Å². The molecule has 0 unspecified atom stereocenters. The molecule has 0 N–H and O–H groups in total. The summed E-state index contributed by atoms with van der Waals surface area (Å²) in [4.78, 5) is 0. The van der Waals surface area contributed by atoms with Gasteiger partial charge in [-0.25, -0.2) is 0 Å². The summed E-state index contributed by atoms with van der Waals surface area (Å²) in [5.74, 6) is 3.57. The predicted molar refractivity (Wildman–Crippen MR) is 173 cm³/mol. The zero-order chi connectivity index (χ0) is 27.9. The Kier molecular flexibility index (Phi) is 4.83. The first-order valence-electron chi connectivity index (χ1n) is 14.5. The van der Waals surface area contributed by atoms with Gasteiger partial charge in [-0.1, -0.05) is 72.8 Å². The van der Waals surface area contributed by atoms with Gasteiger partial charge in [-0.15, -0.1) is 0 Å². The smallest absolute Gasteiger partial charge is 0.260 e. The van der Waals surface area contributed by atoms with Gasteiger partial charge in [0.2, 0.25) is 0 Å². The Morgan fingerprint density at radius 2 is 1.02 bits per heavy atom. The normalized spacial score (nSPS) is 12.9. The third-order valence-corrected chi connectivity index (χ3v) is 8.83. The fourth-order valence-electron chi connectivity index (χ4n) is 6.88. The van der Waals surface area contributed by atoms with Crippen molar-refractivity contribution >= 4 is 44.9 Å². The standard InChI is InChI=1S/C38H26BNO2/c1-23-11-17-30-34(19-23)41-36-21-26(22-37-38(36)39(30)31-18-12-24(2)20-35(31)42-37)25-13-15-27(16-14-25)40-32-9-5-3-7-28(32)29-8-4-6-10-33(29)40/h3-22H,1-2H3. The minimum absolute atomic E-state index is 0.0791. The van der Waals surface area contributed by atoms with E-state index in [1.54, 1.807) is 0 Å². The van der Waals surface area contributed by atoms with E-state index in [1.807, 2.05) is 0 Å². The first-order valence-corrected chi connectivity index (χ1v) is 14.5. The van der Waals surface area contributed by atoms with Crippen molar-refractivity contribution in [1.29, 1.82) is 0 Å². The molecule has 4 heteroatoms. The van der Waals surface area contributed by atoms with Crippen molar-refractivity contribution in [1.82, 2.24) is 4.57 Å². The first kappa shape index (κ1) is 23.5. The van der Waals surface area contributed by atoms with Gasteiger partial charge in [0.15, 0.2) is 0 Å². The Balaban J connectivity index is 1.19. The highest BCUT2D eigenvalue weighted by Gasteiger charge is 2.40. The van der Waals surface area contributed by atoms with Crippen LogP contribution in [0.1, 0.15) is 11.1 Å². The number of aromatic nitrogens is 1. The zero-order valence-corrected chi connectivity index (χ0v) is 23.4. The molecule has 0 amide bonds. The number of para-hydroxylation sites is 2. The van der Waals surface area contributed by atoms with Crippen molar-refractivity contribution < 1.29 is 9.47 Å². The van der Waals surface area contributed by atoms with Crippen molar-refractivity contribution in [2.75, 3.05) is 0 Å². The molecule has 9 rings (SSSR count). The number of aryl methyl sites for hydroxylation is 2. The van der Waals surface area contributed by atoms with Crippen LogP contribution < -0.4 is 25.9 Å². The molecule has 0 atom stereocenters. The van der Waals surface area contributed by atoms with E-state index < -0.39 is 0 Å². The molecule has 2 aliphatic heterocycles. The lowest BCUT2D eigenvalue weighted by Gasteiger charge is -2.33. The van der Waals surface area contributed by atoms with Crippen LogP contribution in [0.2, 0.25) is 0 Å². The molecule has 0 radical (unpaired) electrons. The van der Waals surface area contributed by atoms with Crippen molar-refractivity contribution in [2.45, 2.75) is 13.8 Å². The molecule has 0 saturated heterocycles. The molecule has 0 aliphatic carbocycles. The van der Waals surface area contributed by atoms with E-state index in [4.69, 9.17) is 9.47 Å². The summed E-state index contributed by atoms with van der Waals surface area (Å²) in [6, 6.07) is 43.5. The third kappa shape index (κ3) is 3.36. The molecule has 0 fully saturated rings. The van der Waals surface area contributed by atoms with Crippen LogP contribution in [0, 0.1) is 13.8 Å². The zero-order valence-electron chi connectivity index (χ0n) is 23.4. The molecule has 42 heavy (non-hydrogen) atoms. The Labute approximate surface area is 244 Å². The van der Waals surface area contributed by atoms with E-state index in [2.05, 4.69) is 140 Å². The molecular formula is C38H26BNO2. The summed E-state index contributed by atoms with van der Waals surface area (Å²) in [7, 11) is 0. The molecule has 198 valence electrons. The number of fused-ring (bicyclic) bond motifs is 7. The maximum atomic E-state index is 6.60. The lowest BCUT2D eigenvalue weighted by Crippen LogP contribution is -2.57. The largest absolute Gasteiger partial charge is 0.458 e. The highest BCUT2D eigenvalue weighted by molar-refractivity contribution is 6.98. The minimum atomic E-state index is 0.0791. The second-order valence-corrected chi connectivity index (χ2v) is 11.5. The van der Waals surface area contributed by atoms with Crippen LogP contribution in [-0.2, 0) is 0 Å². The average molecular weight is 539 g/mol. The predicted octanol–water partition coefficient (Wildman–Crippen LogP) is 7.80. The fourth-order valence-corrected chi connectivity index (χ4v) is 6.88. The lowest BCUT2D eigenvalue weighted by molar-refractivity contribution is 0.464. The Morgan fingerprint density at radius 3 is 1.57 bits per heavy atom. The number of rotatable bonds is 2. The van der Waals surface area contributed by atoms with E-state index in [9.17, 15) is 0 Å². The maximum absolute atomic E-state index is 6.60. The van der Waals surface area contributed by atoms with E-state index in [1.165, 1.54) is 43.9 Å². The number of hydrogen-bond acceptors (Lipinski definition) is 2. The number of hydrogen-bond donors (Lipinski definition) is 0. The van der Waals surface area contributed by atoms with Crippen LogP contribution in [0.3, 0.4) is 0 Å². The minimum Gasteiger partial charge on any atom is -0.458 e. The van der Waals surface area contributed by atoms with E-state index in [0.717, 1.165) is 45.3 Å². The van der Waals surface area contributed by atoms with Crippen LogP contribution in [-0.4, -0.2) is 11.3 Å². The topological polar surface area (TPSA) is 23.4 Å². The Hall–Kier alpha value is -5.22. The highest BCUT2D eigenvalue weighted by Crippen LogP contribution is 2.39. The maximum Gasteiger partial charge on any atom is 0.260 e. The van der Waals surface area contributed by atoms with Gasteiger partial charge in [-0.05, 0) is 95.6 Å². The molecule has 3 nitrogen and oxygen atoms in total. The molecule has 6 aromatic carbocycles. The van der Waals surface area contributed by atoms with Crippen molar-refractivity contribution in [3.63, 3.8) is 0 Å². The van der Waals surface area contributed by atoms with Crippen LogP contribution in [0.4, 0.5) is 0 Å². The van der Waals surface area contributed by atoms with Crippen molar-refractivity contribution in [3.05, 3.63) is 132 Å². The average Bonchev–Trinajstić information content (AvgIpc) is 3.35. The van der Waals surface area contributed by atoms with Crippen LogP contribution in [0.5, 0.6) is 23.0 Å². The Morgan fingerprint density at radius 1 is 0.500 bits per heavy atom. The molecule has 3 heterocycles. The summed E-state index contributed by atoms with van der Waals surface area (Å²) in [5, 5.41) is 2.53. The van der Waals surface area contributed by atoms with Gasteiger partial charge >= 0.3 is 0 Å². The van der Waals surface area contributed by atoms with Crippen LogP contribution in [0.25, 0.3) is 38.6 Å². The molecule has 0 spiro atoms. The monoisotopic (exact) mass is 539 g/mol. The molecule has 0 bridgehead atoms. The number of benzene rings is 6. The first-order chi connectivity index (χ1) is 20.6. The summed E-state index contributed by atoms with van der Waals surface area (Å²) < 4.78 is 15.5. The van der Waals surface area contributed by atoms with Crippen molar-refractivity contribution in [3.8, 4) is 39.8 Å². The summed E-state index contributed by atoms with van der Waals surface area (Å²) in [6.07, 6.45) is 0. The molecular weight excluding hydrogens is 513 g/mol. The second kappa shape index (κ2) is 8.64. The van der Waals surface area contributed by atoms with E-state index in [-0.39, 0.29) is 6.71 Å². The van der Waals surface area contributed by atoms with Gasteiger partial charge in [0.25, 0.3) is 6.71 Å². The summed E-state index contributed by atoms with van der Waals surface area (Å²) >= 11 is 0. The second-order valence-electron chi connectivity index (χ2n) is 11.5. The number of ether oxygens (including phenoxy) is 2. The lowest BCUT2D eigenvalue weighted by atomic mass is 9.34. The van der Waals surface area contributed by atoms with Gasteiger partial charge in [0.1, 0.15) is 23.0 Å². The van der Waals surface area contributed by atoms with Gasteiger partial charge in [-0.3, -0.25) is 0 Å². The van der Waals surface area contributed by atoms with E-state index in [0.29, 0.717) is 0 Å².